The van der Waals surface area contributed by atoms with E-state index in [9.17, 15) is 9.59 Å². The summed E-state index contributed by atoms with van der Waals surface area (Å²) in [5.41, 5.74) is 1.57. The average Bonchev–Trinajstić information content (AvgIpc) is 3.20. The molecule has 0 radical (unpaired) electrons. The van der Waals surface area contributed by atoms with Gasteiger partial charge in [0.1, 0.15) is 17.3 Å². The van der Waals surface area contributed by atoms with Crippen molar-refractivity contribution < 1.29 is 18.7 Å². The number of hydrogen-bond donors (Lipinski definition) is 1. The first kappa shape index (κ1) is 19.1. The average molecular weight is 411 g/mol. The van der Waals surface area contributed by atoms with E-state index in [4.69, 9.17) is 20.8 Å². The van der Waals surface area contributed by atoms with Crippen molar-refractivity contribution in [3.8, 4) is 17.1 Å². The fourth-order valence-corrected chi connectivity index (χ4v) is 3.33. The van der Waals surface area contributed by atoms with E-state index in [1.54, 1.807) is 35.2 Å². The molecule has 7 heteroatoms. The van der Waals surface area contributed by atoms with Gasteiger partial charge in [0.2, 0.25) is 5.91 Å². The number of ether oxygens (including phenoxy) is 1. The van der Waals surface area contributed by atoms with E-state index < -0.39 is 6.10 Å². The van der Waals surface area contributed by atoms with Crippen molar-refractivity contribution in [3.05, 3.63) is 71.4 Å². The van der Waals surface area contributed by atoms with Crippen LogP contribution in [0.1, 0.15) is 12.7 Å². The fraction of sp³-hybridized carbons (Fsp3) is 0.182. The molecule has 4 rings (SSSR count). The van der Waals surface area contributed by atoms with Crippen molar-refractivity contribution in [2.24, 2.45) is 0 Å². The first-order chi connectivity index (χ1) is 14.0. The quantitative estimate of drug-likeness (QED) is 0.704. The summed E-state index contributed by atoms with van der Waals surface area (Å²) in [6.07, 6.45) is -0.792. The lowest BCUT2D eigenvalue weighted by Crippen LogP contribution is -2.50. The molecule has 3 aromatic rings. The summed E-state index contributed by atoms with van der Waals surface area (Å²) >= 11 is 5.91. The first-order valence-electron chi connectivity index (χ1n) is 9.17. The lowest BCUT2D eigenvalue weighted by Gasteiger charge is -2.33. The molecule has 1 aromatic heterocycles. The van der Waals surface area contributed by atoms with E-state index in [0.717, 1.165) is 5.56 Å². The van der Waals surface area contributed by atoms with Crippen LogP contribution in [-0.2, 0) is 16.1 Å². The van der Waals surface area contributed by atoms with E-state index in [0.29, 0.717) is 28.0 Å². The van der Waals surface area contributed by atoms with Crippen LogP contribution >= 0.6 is 11.6 Å². The number of halogens is 1. The van der Waals surface area contributed by atoms with Crippen molar-refractivity contribution in [2.45, 2.75) is 19.6 Å². The molecule has 0 saturated heterocycles. The highest BCUT2D eigenvalue weighted by molar-refractivity contribution is 6.30. The lowest BCUT2D eigenvalue weighted by molar-refractivity contribution is -0.128. The Bertz CT molecular complexity index is 1040. The Morgan fingerprint density at radius 1 is 1.10 bits per heavy atom. The summed E-state index contributed by atoms with van der Waals surface area (Å²) in [6, 6.07) is 18.1. The van der Waals surface area contributed by atoms with Gasteiger partial charge in [-0.2, -0.15) is 0 Å². The number of amides is 2. The van der Waals surface area contributed by atoms with Gasteiger partial charge >= 0.3 is 0 Å². The molecule has 1 aliphatic heterocycles. The van der Waals surface area contributed by atoms with E-state index in [1.807, 2.05) is 30.3 Å². The Kier molecular flexibility index (Phi) is 5.27. The number of benzene rings is 2. The number of para-hydroxylation sites is 2. The number of anilines is 1. The molecule has 29 heavy (non-hydrogen) atoms. The Morgan fingerprint density at radius 2 is 1.86 bits per heavy atom. The normalized spacial score (nSPS) is 15.4. The van der Waals surface area contributed by atoms with Gasteiger partial charge in [-0.05, 0) is 48.5 Å². The summed E-state index contributed by atoms with van der Waals surface area (Å²) in [4.78, 5) is 26.2. The highest BCUT2D eigenvalue weighted by Gasteiger charge is 2.32. The fourth-order valence-electron chi connectivity index (χ4n) is 3.20. The minimum Gasteiger partial charge on any atom is -0.477 e. The standard InChI is InChI=1S/C22H19ClN2O4/c1-14(26)25-13-21(29-20-5-3-2-4-18(20)25)22(27)24-12-17-10-11-19(28-17)15-6-8-16(23)9-7-15/h2-11,21H,12-13H2,1H3,(H,24,27)/t21-/m0/s1. The predicted molar refractivity (Wildman–Crippen MR) is 110 cm³/mol. The van der Waals surface area contributed by atoms with Crippen LogP contribution in [0.4, 0.5) is 5.69 Å². The molecule has 1 aliphatic rings. The number of carbonyl (C=O) groups is 2. The number of nitrogens with one attached hydrogen (secondary N) is 1. The third-order valence-corrected chi connectivity index (χ3v) is 4.93. The molecule has 2 amide bonds. The molecule has 6 nitrogen and oxygen atoms in total. The van der Waals surface area contributed by atoms with E-state index in [1.165, 1.54) is 6.92 Å². The third kappa shape index (κ3) is 4.12. The Hall–Kier alpha value is -3.25. The van der Waals surface area contributed by atoms with Crippen LogP contribution in [0.25, 0.3) is 11.3 Å². The number of hydrogen-bond acceptors (Lipinski definition) is 4. The predicted octanol–water partition coefficient (Wildman–Crippen LogP) is 4.03. The molecule has 2 heterocycles. The molecule has 0 fully saturated rings. The van der Waals surface area contributed by atoms with Crippen molar-refractivity contribution >= 4 is 29.1 Å². The van der Waals surface area contributed by atoms with E-state index in [-0.39, 0.29) is 24.9 Å². The van der Waals surface area contributed by atoms with Crippen LogP contribution in [0.3, 0.4) is 0 Å². The number of fused-ring (bicyclic) bond motifs is 1. The van der Waals surface area contributed by atoms with Gasteiger partial charge in [0.05, 0.1) is 18.8 Å². The number of furan rings is 1. The zero-order chi connectivity index (χ0) is 20.4. The number of rotatable bonds is 4. The summed E-state index contributed by atoms with van der Waals surface area (Å²) in [5.74, 6) is 1.36. The second-order valence-corrected chi connectivity index (χ2v) is 7.13. The zero-order valence-corrected chi connectivity index (χ0v) is 16.5. The third-order valence-electron chi connectivity index (χ3n) is 4.67. The molecule has 0 spiro atoms. The van der Waals surface area contributed by atoms with Crippen molar-refractivity contribution in [2.75, 3.05) is 11.4 Å². The van der Waals surface area contributed by atoms with E-state index in [2.05, 4.69) is 5.32 Å². The van der Waals surface area contributed by atoms with Crippen LogP contribution < -0.4 is 15.0 Å². The van der Waals surface area contributed by atoms with Gasteiger partial charge < -0.3 is 19.4 Å². The molecule has 0 saturated carbocycles. The first-order valence-corrected chi connectivity index (χ1v) is 9.55. The monoisotopic (exact) mass is 410 g/mol. The smallest absolute Gasteiger partial charge is 0.263 e. The summed E-state index contributed by atoms with van der Waals surface area (Å²) < 4.78 is 11.6. The maximum Gasteiger partial charge on any atom is 0.263 e. The number of nitrogens with zero attached hydrogens (tertiary/aromatic N) is 1. The van der Waals surface area contributed by atoms with Gasteiger partial charge in [0.25, 0.3) is 5.91 Å². The second-order valence-electron chi connectivity index (χ2n) is 6.69. The maximum absolute atomic E-state index is 12.6. The summed E-state index contributed by atoms with van der Waals surface area (Å²) in [7, 11) is 0. The molecule has 0 bridgehead atoms. The number of carbonyl (C=O) groups excluding carboxylic acids is 2. The molecular formula is C22H19ClN2O4. The molecule has 0 aliphatic carbocycles. The second kappa shape index (κ2) is 8.01. The van der Waals surface area contributed by atoms with Crippen LogP contribution in [0.15, 0.2) is 65.1 Å². The van der Waals surface area contributed by atoms with Gasteiger partial charge in [-0.3, -0.25) is 9.59 Å². The topological polar surface area (TPSA) is 71.8 Å². The molecular weight excluding hydrogens is 392 g/mol. The zero-order valence-electron chi connectivity index (χ0n) is 15.7. The van der Waals surface area contributed by atoms with Crippen molar-refractivity contribution in [1.82, 2.24) is 5.32 Å². The van der Waals surface area contributed by atoms with Crippen LogP contribution in [0, 0.1) is 0 Å². The van der Waals surface area contributed by atoms with Crippen molar-refractivity contribution in [1.29, 1.82) is 0 Å². The molecule has 0 unspecified atom stereocenters. The Morgan fingerprint density at radius 3 is 2.62 bits per heavy atom. The lowest BCUT2D eigenvalue weighted by atomic mass is 10.1. The van der Waals surface area contributed by atoms with Crippen LogP contribution in [0.5, 0.6) is 5.75 Å². The van der Waals surface area contributed by atoms with Crippen LogP contribution in [0.2, 0.25) is 5.02 Å². The largest absolute Gasteiger partial charge is 0.477 e. The van der Waals surface area contributed by atoms with Gasteiger partial charge in [-0.1, -0.05) is 23.7 Å². The van der Waals surface area contributed by atoms with Gasteiger partial charge in [-0.15, -0.1) is 0 Å². The van der Waals surface area contributed by atoms with Crippen molar-refractivity contribution in [3.63, 3.8) is 0 Å². The minimum absolute atomic E-state index is 0.141. The Balaban J connectivity index is 1.41. The van der Waals surface area contributed by atoms with Gasteiger partial charge in [-0.25, -0.2) is 0 Å². The highest BCUT2D eigenvalue weighted by atomic mass is 35.5. The molecule has 1 N–H and O–H groups in total. The van der Waals surface area contributed by atoms with Crippen LogP contribution in [-0.4, -0.2) is 24.5 Å². The minimum atomic E-state index is -0.792. The molecule has 1 atom stereocenters. The van der Waals surface area contributed by atoms with Gasteiger partial charge in [0.15, 0.2) is 6.10 Å². The maximum atomic E-state index is 12.6. The summed E-state index contributed by atoms with van der Waals surface area (Å²) in [6.45, 7) is 1.85. The van der Waals surface area contributed by atoms with E-state index >= 15 is 0 Å². The SMILES string of the molecule is CC(=O)N1C[C@@H](C(=O)NCc2ccc(-c3ccc(Cl)cc3)o2)Oc2ccccc21. The van der Waals surface area contributed by atoms with Gasteiger partial charge in [0, 0.05) is 17.5 Å². The molecule has 2 aromatic carbocycles. The highest BCUT2D eigenvalue weighted by Crippen LogP contribution is 2.33. The Labute approximate surface area is 173 Å². The molecule has 148 valence electrons. The summed E-state index contributed by atoms with van der Waals surface area (Å²) in [5, 5.41) is 3.47.